The van der Waals surface area contributed by atoms with Crippen molar-refractivity contribution < 1.29 is 4.42 Å². The van der Waals surface area contributed by atoms with Gasteiger partial charge >= 0.3 is 0 Å². The summed E-state index contributed by atoms with van der Waals surface area (Å²) in [6.07, 6.45) is 10.6. The Morgan fingerprint density at radius 2 is 2.04 bits per heavy atom. The van der Waals surface area contributed by atoms with E-state index in [2.05, 4.69) is 39.5 Å². The number of benzene rings is 2. The van der Waals surface area contributed by atoms with Gasteiger partial charge in [0, 0.05) is 16.7 Å². The van der Waals surface area contributed by atoms with Crippen LogP contribution in [0, 0.1) is 19.3 Å². The molecular weight excluding hydrogens is 348 g/mol. The Bertz CT molecular complexity index is 1260. The second-order valence-electron chi connectivity index (χ2n) is 6.63. The number of terminal acetylenes is 1. The van der Waals surface area contributed by atoms with Gasteiger partial charge in [-0.1, -0.05) is 30.2 Å². The molecule has 0 unspecified atom stereocenters. The maximum absolute atomic E-state index is 5.67. The number of nitrogens with zero attached hydrogens (tertiary/aromatic N) is 4. The number of oxazole rings is 1. The highest BCUT2D eigenvalue weighted by Gasteiger charge is 2.24. The minimum Gasteiger partial charge on any atom is -0.442 e. The van der Waals surface area contributed by atoms with E-state index in [-0.39, 0.29) is 0 Å². The second kappa shape index (κ2) is 6.36. The summed E-state index contributed by atoms with van der Waals surface area (Å²) in [7, 11) is 0. The third-order valence-corrected chi connectivity index (χ3v) is 5.00. The molecule has 0 radical (unpaired) electrons. The molecule has 2 aromatic heterocycles. The highest BCUT2D eigenvalue weighted by molar-refractivity contribution is 6.16. The van der Waals surface area contributed by atoms with E-state index in [9.17, 15) is 0 Å². The minimum atomic E-state index is 0.472. The predicted octanol–water partition coefficient (Wildman–Crippen LogP) is 4.17. The Labute approximate surface area is 162 Å². The summed E-state index contributed by atoms with van der Waals surface area (Å²) >= 11 is 0. The van der Waals surface area contributed by atoms with Crippen LogP contribution < -0.4 is 0 Å². The molecule has 0 N–H and O–H groups in total. The van der Waals surface area contributed by atoms with Crippen molar-refractivity contribution in [2.24, 2.45) is 4.99 Å². The Balaban J connectivity index is 1.78. The molecule has 0 saturated carbocycles. The first-order valence-electron chi connectivity index (χ1n) is 8.93. The number of imidazole rings is 1. The first-order valence-corrected chi connectivity index (χ1v) is 8.93. The van der Waals surface area contributed by atoms with Crippen LogP contribution in [0.1, 0.15) is 27.9 Å². The van der Waals surface area contributed by atoms with Crippen LogP contribution in [0.15, 0.2) is 70.8 Å². The summed E-state index contributed by atoms with van der Waals surface area (Å²) < 4.78 is 7.54. The van der Waals surface area contributed by atoms with E-state index >= 15 is 0 Å². The van der Waals surface area contributed by atoms with Crippen LogP contribution in [0.4, 0.5) is 0 Å². The van der Waals surface area contributed by atoms with Crippen LogP contribution in [0.2, 0.25) is 0 Å². The van der Waals surface area contributed by atoms with E-state index in [1.165, 1.54) is 12.0 Å². The summed E-state index contributed by atoms with van der Waals surface area (Å²) in [6, 6.07) is 14.2. The first kappa shape index (κ1) is 16.3. The lowest BCUT2D eigenvalue weighted by atomic mass is 9.95. The lowest BCUT2D eigenvalue weighted by Gasteiger charge is -2.13. The van der Waals surface area contributed by atoms with E-state index in [1.54, 1.807) is 12.5 Å². The Morgan fingerprint density at radius 3 is 2.82 bits per heavy atom. The molecular formula is C23H16N4O. The number of aliphatic imine (C=N–C) groups is 1. The van der Waals surface area contributed by atoms with Crippen molar-refractivity contribution in [2.75, 3.05) is 0 Å². The molecule has 0 saturated heterocycles. The number of aromatic nitrogens is 3. The molecule has 5 rings (SSSR count). The minimum absolute atomic E-state index is 0.472. The predicted molar refractivity (Wildman–Crippen MR) is 108 cm³/mol. The van der Waals surface area contributed by atoms with E-state index in [1.807, 2.05) is 30.3 Å². The molecule has 3 heterocycles. The van der Waals surface area contributed by atoms with Crippen molar-refractivity contribution >= 4 is 5.71 Å². The summed E-state index contributed by atoms with van der Waals surface area (Å²) in [5, 5.41) is 0. The number of fused-ring (bicyclic) bond motifs is 3. The quantitative estimate of drug-likeness (QED) is 0.502. The van der Waals surface area contributed by atoms with Gasteiger partial charge in [-0.15, -0.1) is 6.42 Å². The second-order valence-corrected chi connectivity index (χ2v) is 6.63. The first-order chi connectivity index (χ1) is 13.8. The molecule has 4 aromatic rings. The van der Waals surface area contributed by atoms with Gasteiger partial charge in [0.15, 0.2) is 12.2 Å². The van der Waals surface area contributed by atoms with Crippen LogP contribution >= 0.6 is 0 Å². The molecule has 134 valence electrons. The Hall–Kier alpha value is -3.91. The Kier molecular flexibility index (Phi) is 3.70. The lowest BCUT2D eigenvalue weighted by Crippen LogP contribution is -2.08. The van der Waals surface area contributed by atoms with E-state index in [0.717, 1.165) is 39.5 Å². The van der Waals surface area contributed by atoms with Crippen LogP contribution in [-0.4, -0.2) is 20.2 Å². The van der Waals surface area contributed by atoms with Gasteiger partial charge in [0.1, 0.15) is 12.0 Å². The van der Waals surface area contributed by atoms with Crippen molar-refractivity contribution in [3.63, 3.8) is 0 Å². The average molecular weight is 364 g/mol. The average Bonchev–Trinajstić information content (AvgIpc) is 3.36. The van der Waals surface area contributed by atoms with Crippen molar-refractivity contribution in [2.45, 2.75) is 13.5 Å². The van der Waals surface area contributed by atoms with Crippen molar-refractivity contribution in [1.29, 1.82) is 0 Å². The fourth-order valence-electron chi connectivity index (χ4n) is 3.60. The van der Waals surface area contributed by atoms with Crippen molar-refractivity contribution in [3.05, 3.63) is 89.3 Å². The van der Waals surface area contributed by atoms with Crippen LogP contribution in [0.3, 0.4) is 0 Å². The highest BCUT2D eigenvalue weighted by atomic mass is 16.3. The maximum atomic E-state index is 5.67. The molecule has 0 fully saturated rings. The molecule has 0 bridgehead atoms. The zero-order valence-corrected chi connectivity index (χ0v) is 15.3. The van der Waals surface area contributed by atoms with Gasteiger partial charge in [-0.2, -0.15) is 0 Å². The fraction of sp³-hybridized carbons (Fsp3) is 0.0870. The van der Waals surface area contributed by atoms with E-state index in [4.69, 9.17) is 15.8 Å². The van der Waals surface area contributed by atoms with E-state index in [0.29, 0.717) is 12.3 Å². The zero-order chi connectivity index (χ0) is 19.1. The van der Waals surface area contributed by atoms with Gasteiger partial charge < -0.3 is 4.42 Å². The maximum Gasteiger partial charge on any atom is 0.181 e. The topological polar surface area (TPSA) is 56.2 Å². The number of hydrogen-bond donors (Lipinski definition) is 0. The molecule has 0 aliphatic carbocycles. The molecule has 5 heteroatoms. The summed E-state index contributed by atoms with van der Waals surface area (Å²) in [6.45, 7) is 2.56. The number of aryl methyl sites for hydroxylation is 1. The van der Waals surface area contributed by atoms with Gasteiger partial charge in [-0.05, 0) is 30.7 Å². The van der Waals surface area contributed by atoms with Crippen LogP contribution in [-0.2, 0) is 6.54 Å². The van der Waals surface area contributed by atoms with Gasteiger partial charge in [0.05, 0.1) is 29.8 Å². The van der Waals surface area contributed by atoms with Gasteiger partial charge in [0.2, 0.25) is 0 Å². The number of rotatable bonds is 2. The summed E-state index contributed by atoms with van der Waals surface area (Å²) in [5.41, 5.74) is 7.69. The smallest absolute Gasteiger partial charge is 0.181 e. The third-order valence-electron chi connectivity index (χ3n) is 5.00. The van der Waals surface area contributed by atoms with Crippen LogP contribution in [0.5, 0.6) is 0 Å². The monoisotopic (exact) mass is 364 g/mol. The molecule has 1 aliphatic rings. The standard InChI is InChI=1S/C23H16N4O/c1-3-16-8-9-19-18(10-16)22(17-7-5-4-6-15(17)2)25-11-20-23(26-13-27(19)20)21-12-24-14-28-21/h1,4-10,12-14H,11H2,2H3. The molecule has 2 aromatic carbocycles. The van der Waals surface area contributed by atoms with E-state index < -0.39 is 0 Å². The SMILES string of the molecule is C#Cc1ccc2c(c1)C(c1ccccc1C)=NCc1c(-c3cnco3)ncn1-2. The molecule has 0 amide bonds. The molecule has 0 spiro atoms. The summed E-state index contributed by atoms with van der Waals surface area (Å²) in [5.74, 6) is 3.36. The molecule has 5 nitrogen and oxygen atoms in total. The third kappa shape index (κ3) is 2.47. The highest BCUT2D eigenvalue weighted by Crippen LogP contribution is 2.31. The lowest BCUT2D eigenvalue weighted by molar-refractivity contribution is 0.569. The van der Waals surface area contributed by atoms with Gasteiger partial charge in [-0.3, -0.25) is 9.56 Å². The van der Waals surface area contributed by atoms with Gasteiger partial charge in [-0.25, -0.2) is 9.97 Å². The van der Waals surface area contributed by atoms with Crippen molar-refractivity contribution in [1.82, 2.24) is 14.5 Å². The van der Waals surface area contributed by atoms with Crippen LogP contribution in [0.25, 0.3) is 17.1 Å². The number of hydrogen-bond acceptors (Lipinski definition) is 4. The normalized spacial score (nSPS) is 12.5. The fourth-order valence-corrected chi connectivity index (χ4v) is 3.60. The molecule has 28 heavy (non-hydrogen) atoms. The van der Waals surface area contributed by atoms with Gasteiger partial charge in [0.25, 0.3) is 0 Å². The zero-order valence-electron chi connectivity index (χ0n) is 15.3. The molecule has 0 atom stereocenters. The summed E-state index contributed by atoms with van der Waals surface area (Å²) in [4.78, 5) is 13.6. The molecule has 1 aliphatic heterocycles. The largest absolute Gasteiger partial charge is 0.442 e. The van der Waals surface area contributed by atoms with Crippen molar-refractivity contribution in [3.8, 4) is 29.5 Å². The Morgan fingerprint density at radius 1 is 1.14 bits per heavy atom.